The molecular formula is C15H16N2O3. The lowest BCUT2D eigenvalue weighted by atomic mass is 10.3. The molecule has 104 valence electrons. The van der Waals surface area contributed by atoms with Gasteiger partial charge in [0.15, 0.2) is 6.10 Å². The van der Waals surface area contributed by atoms with Gasteiger partial charge in [-0.3, -0.25) is 10.2 Å². The zero-order chi connectivity index (χ0) is 14.4. The van der Waals surface area contributed by atoms with E-state index in [0.29, 0.717) is 11.5 Å². The molecule has 2 aromatic rings. The number of carbonyl (C=O) groups excluding carboxylic acids is 1. The Hall–Kier alpha value is -2.53. The summed E-state index contributed by atoms with van der Waals surface area (Å²) in [7, 11) is 0. The predicted molar refractivity (Wildman–Crippen MR) is 75.4 cm³/mol. The molecule has 0 bridgehead atoms. The maximum Gasteiger partial charge on any atom is 0.274 e. The number of benzene rings is 2. The number of nitrogens with one attached hydrogen (secondary N) is 1. The molecule has 0 aliphatic carbocycles. The van der Waals surface area contributed by atoms with E-state index < -0.39 is 6.10 Å². The Morgan fingerprint density at radius 2 is 1.70 bits per heavy atom. The van der Waals surface area contributed by atoms with Crippen molar-refractivity contribution < 1.29 is 14.3 Å². The molecule has 1 amide bonds. The fourth-order valence-electron chi connectivity index (χ4n) is 1.61. The van der Waals surface area contributed by atoms with Gasteiger partial charge in [-0.2, -0.15) is 0 Å². The fourth-order valence-corrected chi connectivity index (χ4v) is 1.61. The molecule has 3 N–H and O–H groups in total. The summed E-state index contributed by atoms with van der Waals surface area (Å²) in [5.74, 6) is 6.57. The van der Waals surface area contributed by atoms with Crippen LogP contribution in [0.5, 0.6) is 17.2 Å². The maximum absolute atomic E-state index is 11.3. The Bertz CT molecular complexity index is 572. The van der Waals surface area contributed by atoms with Crippen LogP contribution in [0.2, 0.25) is 0 Å². The first-order valence-corrected chi connectivity index (χ1v) is 6.19. The van der Waals surface area contributed by atoms with E-state index in [2.05, 4.69) is 0 Å². The molecular weight excluding hydrogens is 256 g/mol. The molecule has 2 aromatic carbocycles. The topological polar surface area (TPSA) is 73.6 Å². The number of hydrogen-bond acceptors (Lipinski definition) is 4. The normalized spacial score (nSPS) is 11.5. The predicted octanol–water partition coefficient (Wildman–Crippen LogP) is 2.24. The van der Waals surface area contributed by atoms with Crippen LogP contribution in [-0.4, -0.2) is 12.0 Å². The highest BCUT2D eigenvalue weighted by Crippen LogP contribution is 2.25. The zero-order valence-corrected chi connectivity index (χ0v) is 11.1. The lowest BCUT2D eigenvalue weighted by molar-refractivity contribution is -0.127. The van der Waals surface area contributed by atoms with Crippen LogP contribution < -0.4 is 20.7 Å². The molecule has 0 aromatic heterocycles. The average molecular weight is 272 g/mol. The van der Waals surface area contributed by atoms with Gasteiger partial charge in [0.25, 0.3) is 5.91 Å². The highest BCUT2D eigenvalue weighted by atomic mass is 16.5. The quantitative estimate of drug-likeness (QED) is 0.497. The summed E-state index contributed by atoms with van der Waals surface area (Å²) in [6, 6.07) is 16.5. The molecule has 5 nitrogen and oxygen atoms in total. The van der Waals surface area contributed by atoms with Gasteiger partial charge < -0.3 is 9.47 Å². The Labute approximate surface area is 117 Å². The molecule has 20 heavy (non-hydrogen) atoms. The Kier molecular flexibility index (Phi) is 4.57. The Morgan fingerprint density at radius 1 is 1.05 bits per heavy atom. The summed E-state index contributed by atoms with van der Waals surface area (Å²) in [5, 5.41) is 0. The number of rotatable bonds is 5. The second kappa shape index (κ2) is 6.58. The Balaban J connectivity index is 2.06. The molecule has 0 aliphatic heterocycles. The van der Waals surface area contributed by atoms with Crippen molar-refractivity contribution in [2.45, 2.75) is 13.0 Å². The van der Waals surface area contributed by atoms with Crippen molar-refractivity contribution in [2.24, 2.45) is 5.84 Å². The zero-order valence-electron chi connectivity index (χ0n) is 11.1. The van der Waals surface area contributed by atoms with Crippen molar-refractivity contribution in [1.29, 1.82) is 0 Å². The van der Waals surface area contributed by atoms with E-state index in [4.69, 9.17) is 15.3 Å². The van der Waals surface area contributed by atoms with E-state index in [9.17, 15) is 4.79 Å². The summed E-state index contributed by atoms with van der Waals surface area (Å²) < 4.78 is 11.2. The summed E-state index contributed by atoms with van der Waals surface area (Å²) in [5.41, 5.74) is 2.04. The summed E-state index contributed by atoms with van der Waals surface area (Å²) in [6.07, 6.45) is -0.674. The summed E-state index contributed by atoms with van der Waals surface area (Å²) in [4.78, 5) is 11.3. The molecule has 0 saturated heterocycles. The summed E-state index contributed by atoms with van der Waals surface area (Å²) in [6.45, 7) is 1.62. The van der Waals surface area contributed by atoms with Crippen molar-refractivity contribution in [1.82, 2.24) is 5.43 Å². The second-order valence-electron chi connectivity index (χ2n) is 4.16. The standard InChI is InChI=1S/C15H16N2O3/c1-11(15(18)17-16)19-13-8-5-9-14(10-13)20-12-6-3-2-4-7-12/h2-11H,16H2,1H3,(H,17,18). The van der Waals surface area contributed by atoms with E-state index in [1.165, 1.54) is 0 Å². The van der Waals surface area contributed by atoms with Crippen molar-refractivity contribution in [3.8, 4) is 17.2 Å². The van der Waals surface area contributed by atoms with Gasteiger partial charge >= 0.3 is 0 Å². The van der Waals surface area contributed by atoms with E-state index in [1.807, 2.05) is 41.8 Å². The van der Waals surface area contributed by atoms with E-state index in [1.54, 1.807) is 25.1 Å². The number of nitrogens with two attached hydrogens (primary N) is 1. The third kappa shape index (κ3) is 3.73. The molecule has 1 atom stereocenters. The molecule has 1 unspecified atom stereocenters. The largest absolute Gasteiger partial charge is 0.481 e. The summed E-state index contributed by atoms with van der Waals surface area (Å²) >= 11 is 0. The fraction of sp³-hybridized carbons (Fsp3) is 0.133. The van der Waals surface area contributed by atoms with Crippen LogP contribution in [0.1, 0.15) is 6.92 Å². The molecule has 0 aliphatic rings. The molecule has 5 heteroatoms. The smallest absolute Gasteiger partial charge is 0.274 e. The average Bonchev–Trinajstić information content (AvgIpc) is 2.47. The number of ether oxygens (including phenoxy) is 2. The van der Waals surface area contributed by atoms with Crippen LogP contribution >= 0.6 is 0 Å². The SMILES string of the molecule is CC(Oc1cccc(Oc2ccccc2)c1)C(=O)NN. The highest BCUT2D eigenvalue weighted by molar-refractivity contribution is 5.80. The minimum absolute atomic E-state index is 0.389. The van der Waals surface area contributed by atoms with Crippen LogP contribution in [0.15, 0.2) is 54.6 Å². The second-order valence-corrected chi connectivity index (χ2v) is 4.16. The van der Waals surface area contributed by atoms with Crippen molar-refractivity contribution in [3.05, 3.63) is 54.6 Å². The number of para-hydroxylation sites is 1. The van der Waals surface area contributed by atoms with Crippen molar-refractivity contribution >= 4 is 5.91 Å². The van der Waals surface area contributed by atoms with Crippen LogP contribution in [0.4, 0.5) is 0 Å². The number of carbonyl (C=O) groups is 1. The molecule has 0 saturated carbocycles. The lowest BCUT2D eigenvalue weighted by Crippen LogP contribution is -2.40. The molecule has 0 heterocycles. The number of hydrazine groups is 1. The van der Waals surface area contributed by atoms with Crippen LogP contribution in [0.25, 0.3) is 0 Å². The first-order valence-electron chi connectivity index (χ1n) is 6.19. The van der Waals surface area contributed by atoms with Gasteiger partial charge in [0, 0.05) is 6.07 Å². The van der Waals surface area contributed by atoms with E-state index in [0.717, 1.165) is 5.75 Å². The van der Waals surface area contributed by atoms with Gasteiger partial charge in [-0.15, -0.1) is 0 Å². The van der Waals surface area contributed by atoms with Crippen molar-refractivity contribution in [2.75, 3.05) is 0 Å². The lowest BCUT2D eigenvalue weighted by Gasteiger charge is -2.13. The van der Waals surface area contributed by atoms with Crippen molar-refractivity contribution in [3.63, 3.8) is 0 Å². The minimum Gasteiger partial charge on any atom is -0.481 e. The third-order valence-corrected chi connectivity index (χ3v) is 2.61. The molecule has 0 radical (unpaired) electrons. The molecule has 2 rings (SSSR count). The van der Waals surface area contributed by atoms with Gasteiger partial charge in [0.1, 0.15) is 17.2 Å². The first kappa shape index (κ1) is 13.9. The highest BCUT2D eigenvalue weighted by Gasteiger charge is 2.13. The minimum atomic E-state index is -0.674. The van der Waals surface area contributed by atoms with Gasteiger partial charge in [0.05, 0.1) is 0 Å². The van der Waals surface area contributed by atoms with Gasteiger partial charge in [-0.1, -0.05) is 24.3 Å². The molecule has 0 fully saturated rings. The number of hydrogen-bond donors (Lipinski definition) is 2. The first-order chi connectivity index (χ1) is 9.69. The molecule has 0 spiro atoms. The van der Waals surface area contributed by atoms with Crippen LogP contribution in [-0.2, 0) is 4.79 Å². The monoisotopic (exact) mass is 272 g/mol. The van der Waals surface area contributed by atoms with Gasteiger partial charge in [-0.25, -0.2) is 5.84 Å². The van der Waals surface area contributed by atoms with Gasteiger partial charge in [-0.05, 0) is 31.2 Å². The Morgan fingerprint density at radius 3 is 2.40 bits per heavy atom. The number of amides is 1. The van der Waals surface area contributed by atoms with E-state index >= 15 is 0 Å². The van der Waals surface area contributed by atoms with E-state index in [-0.39, 0.29) is 5.91 Å². The van der Waals surface area contributed by atoms with Gasteiger partial charge in [0.2, 0.25) is 0 Å². The maximum atomic E-state index is 11.3. The van der Waals surface area contributed by atoms with Crippen LogP contribution in [0.3, 0.4) is 0 Å². The third-order valence-electron chi connectivity index (χ3n) is 2.61. The van der Waals surface area contributed by atoms with Crippen LogP contribution in [0, 0.1) is 0 Å².